The van der Waals surface area contributed by atoms with E-state index in [0.29, 0.717) is 11.2 Å². The molecular formula is C11H13BrF2. The van der Waals surface area contributed by atoms with Crippen molar-refractivity contribution in [1.82, 2.24) is 0 Å². The van der Waals surface area contributed by atoms with E-state index in [0.717, 1.165) is 24.5 Å². The zero-order chi connectivity index (χ0) is 10.6. The first kappa shape index (κ1) is 11.6. The smallest absolute Gasteiger partial charge is 0.126 e. The summed E-state index contributed by atoms with van der Waals surface area (Å²) < 4.78 is 25.6. The Labute approximate surface area is 91.5 Å². The predicted octanol–water partition coefficient (Wildman–Crippen LogP) is 4.07. The van der Waals surface area contributed by atoms with Gasteiger partial charge in [0.15, 0.2) is 0 Å². The second-order valence-electron chi connectivity index (χ2n) is 3.32. The fourth-order valence-electron chi connectivity index (χ4n) is 1.28. The first-order valence-corrected chi connectivity index (χ1v) is 5.62. The van der Waals surface area contributed by atoms with Crippen LogP contribution in [-0.2, 0) is 6.42 Å². The molecule has 1 rings (SSSR count). The Morgan fingerprint density at radius 1 is 1.21 bits per heavy atom. The van der Waals surface area contributed by atoms with Crippen LogP contribution in [0.5, 0.6) is 0 Å². The van der Waals surface area contributed by atoms with Crippen molar-refractivity contribution in [2.24, 2.45) is 0 Å². The minimum atomic E-state index is -0.498. The van der Waals surface area contributed by atoms with Gasteiger partial charge < -0.3 is 0 Å². The highest BCUT2D eigenvalue weighted by Gasteiger charge is 2.04. The van der Waals surface area contributed by atoms with Gasteiger partial charge in [0, 0.05) is 10.9 Å². The Morgan fingerprint density at radius 3 is 2.29 bits per heavy atom. The zero-order valence-corrected chi connectivity index (χ0v) is 9.65. The van der Waals surface area contributed by atoms with Crippen LogP contribution in [0.2, 0.25) is 0 Å². The van der Waals surface area contributed by atoms with E-state index in [1.165, 1.54) is 12.1 Å². The third-order valence-electron chi connectivity index (χ3n) is 2.11. The molecule has 3 heteroatoms. The average Bonchev–Trinajstić information content (AvgIpc) is 2.12. The number of alkyl halides is 1. The summed E-state index contributed by atoms with van der Waals surface area (Å²) in [4.78, 5) is 0.425. The second-order valence-corrected chi connectivity index (χ2v) is 4.62. The van der Waals surface area contributed by atoms with Crippen molar-refractivity contribution < 1.29 is 8.78 Å². The fourth-order valence-corrected chi connectivity index (χ4v) is 1.51. The maximum atomic E-state index is 12.8. The van der Waals surface area contributed by atoms with E-state index in [-0.39, 0.29) is 0 Å². The highest BCUT2D eigenvalue weighted by atomic mass is 79.9. The lowest BCUT2D eigenvalue weighted by Crippen LogP contribution is -1.98. The van der Waals surface area contributed by atoms with Crippen molar-refractivity contribution >= 4 is 15.9 Å². The number of aryl methyl sites for hydroxylation is 1. The number of hydrogen-bond donors (Lipinski definition) is 0. The van der Waals surface area contributed by atoms with E-state index in [4.69, 9.17) is 0 Å². The summed E-state index contributed by atoms with van der Waals surface area (Å²) in [7, 11) is 0. The number of benzene rings is 1. The van der Waals surface area contributed by atoms with Gasteiger partial charge in [0.2, 0.25) is 0 Å². The molecule has 78 valence electrons. The van der Waals surface area contributed by atoms with E-state index in [1.807, 2.05) is 0 Å². The number of hydrogen-bond acceptors (Lipinski definition) is 0. The van der Waals surface area contributed by atoms with E-state index >= 15 is 0 Å². The van der Waals surface area contributed by atoms with Crippen LogP contribution < -0.4 is 0 Å². The highest BCUT2D eigenvalue weighted by Crippen LogP contribution is 2.15. The summed E-state index contributed by atoms with van der Waals surface area (Å²) in [5, 5.41) is 0. The van der Waals surface area contributed by atoms with Crippen molar-refractivity contribution in [1.29, 1.82) is 0 Å². The summed E-state index contributed by atoms with van der Waals surface area (Å²) in [5.41, 5.74) is 0.723. The maximum Gasteiger partial charge on any atom is 0.126 e. The van der Waals surface area contributed by atoms with Crippen LogP contribution in [0.15, 0.2) is 18.2 Å². The summed E-state index contributed by atoms with van der Waals surface area (Å²) in [5.74, 6) is -0.995. The first-order chi connectivity index (χ1) is 6.61. The molecule has 0 aliphatic carbocycles. The van der Waals surface area contributed by atoms with Crippen molar-refractivity contribution in [3.63, 3.8) is 0 Å². The summed E-state index contributed by atoms with van der Waals surface area (Å²) in [6.07, 6.45) is 2.63. The van der Waals surface area contributed by atoms with Gasteiger partial charge in [-0.25, -0.2) is 8.78 Å². The molecule has 0 bridgehead atoms. The minimum absolute atomic E-state index is 0.425. The lowest BCUT2D eigenvalue weighted by atomic mass is 10.1. The quantitative estimate of drug-likeness (QED) is 0.718. The van der Waals surface area contributed by atoms with Gasteiger partial charge in [-0.3, -0.25) is 0 Å². The Kier molecular flexibility index (Phi) is 4.52. The molecule has 0 amide bonds. The first-order valence-electron chi connectivity index (χ1n) is 4.71. The van der Waals surface area contributed by atoms with Crippen LogP contribution >= 0.6 is 15.9 Å². The molecule has 0 saturated heterocycles. The van der Waals surface area contributed by atoms with Crippen LogP contribution in [0.4, 0.5) is 8.78 Å². The molecule has 1 atom stereocenters. The zero-order valence-electron chi connectivity index (χ0n) is 8.06. The van der Waals surface area contributed by atoms with Crippen LogP contribution in [0, 0.1) is 11.6 Å². The van der Waals surface area contributed by atoms with Gasteiger partial charge in [-0.15, -0.1) is 0 Å². The molecule has 0 aliphatic rings. The van der Waals surface area contributed by atoms with E-state index in [1.54, 1.807) is 0 Å². The Morgan fingerprint density at radius 2 is 1.79 bits per heavy atom. The normalized spacial score (nSPS) is 12.9. The summed E-state index contributed by atoms with van der Waals surface area (Å²) in [6.45, 7) is 2.07. The van der Waals surface area contributed by atoms with Gasteiger partial charge >= 0.3 is 0 Å². The molecule has 0 radical (unpaired) electrons. The topological polar surface area (TPSA) is 0 Å². The fraction of sp³-hybridized carbons (Fsp3) is 0.455. The van der Waals surface area contributed by atoms with Gasteiger partial charge in [-0.2, -0.15) is 0 Å². The summed E-state index contributed by atoms with van der Waals surface area (Å²) >= 11 is 3.48. The van der Waals surface area contributed by atoms with E-state index in [2.05, 4.69) is 22.9 Å². The van der Waals surface area contributed by atoms with Crippen LogP contribution in [-0.4, -0.2) is 4.83 Å². The van der Waals surface area contributed by atoms with Gasteiger partial charge in [0.1, 0.15) is 11.6 Å². The molecule has 0 nitrogen and oxygen atoms in total. The van der Waals surface area contributed by atoms with Gasteiger partial charge in [-0.1, -0.05) is 22.9 Å². The van der Waals surface area contributed by atoms with Crippen LogP contribution in [0.1, 0.15) is 25.3 Å². The highest BCUT2D eigenvalue weighted by molar-refractivity contribution is 9.09. The molecule has 0 heterocycles. The van der Waals surface area contributed by atoms with Gasteiger partial charge in [0.05, 0.1) is 0 Å². The molecule has 1 aromatic rings. The lowest BCUT2D eigenvalue weighted by molar-refractivity contribution is 0.578. The molecule has 0 fully saturated rings. The number of rotatable bonds is 4. The van der Waals surface area contributed by atoms with Crippen LogP contribution in [0.25, 0.3) is 0 Å². The Hall–Kier alpha value is -0.440. The van der Waals surface area contributed by atoms with Crippen molar-refractivity contribution in [3.8, 4) is 0 Å². The lowest BCUT2D eigenvalue weighted by Gasteiger charge is -2.06. The Bertz CT molecular complexity index is 279. The molecular weight excluding hydrogens is 250 g/mol. The second kappa shape index (κ2) is 5.44. The van der Waals surface area contributed by atoms with Crippen molar-refractivity contribution in [2.75, 3.05) is 0 Å². The van der Waals surface area contributed by atoms with E-state index < -0.39 is 11.6 Å². The van der Waals surface area contributed by atoms with Crippen molar-refractivity contribution in [2.45, 2.75) is 31.0 Å². The molecule has 0 aromatic heterocycles. The standard InChI is InChI=1S/C11H13BrF2/c1-2-9(12)4-3-8-5-10(13)7-11(14)6-8/h5-7,9H,2-4H2,1H3. The van der Waals surface area contributed by atoms with Gasteiger partial charge in [0.25, 0.3) is 0 Å². The largest absolute Gasteiger partial charge is 0.207 e. The molecule has 0 N–H and O–H groups in total. The SMILES string of the molecule is CCC(Br)CCc1cc(F)cc(F)c1. The van der Waals surface area contributed by atoms with Crippen LogP contribution in [0.3, 0.4) is 0 Å². The minimum Gasteiger partial charge on any atom is -0.207 e. The maximum absolute atomic E-state index is 12.8. The summed E-state index contributed by atoms with van der Waals surface area (Å²) in [6, 6.07) is 3.67. The molecule has 0 spiro atoms. The third-order valence-corrected chi connectivity index (χ3v) is 3.22. The van der Waals surface area contributed by atoms with E-state index in [9.17, 15) is 8.78 Å². The molecule has 0 aliphatic heterocycles. The van der Waals surface area contributed by atoms with Crippen molar-refractivity contribution in [3.05, 3.63) is 35.4 Å². The van der Waals surface area contributed by atoms with Gasteiger partial charge in [-0.05, 0) is 37.0 Å². The third kappa shape index (κ3) is 3.74. The Balaban J connectivity index is 2.58. The molecule has 14 heavy (non-hydrogen) atoms. The number of halogens is 3. The monoisotopic (exact) mass is 262 g/mol. The molecule has 0 saturated carbocycles. The molecule has 1 aromatic carbocycles. The predicted molar refractivity (Wildman–Crippen MR) is 57.7 cm³/mol. The average molecular weight is 263 g/mol. The molecule has 1 unspecified atom stereocenters.